The zero-order chi connectivity index (χ0) is 18.9. The molecule has 0 aromatic carbocycles. The van der Waals surface area contributed by atoms with Crippen LogP contribution in [0.4, 0.5) is 19.0 Å². The molecule has 1 aliphatic rings. The van der Waals surface area contributed by atoms with E-state index in [1.54, 1.807) is 17.6 Å². The normalized spacial score (nSPS) is 16.0. The zero-order valence-corrected chi connectivity index (χ0v) is 15.2. The summed E-state index contributed by atoms with van der Waals surface area (Å²) in [6, 6.07) is 6.56. The number of hydrogen-bond acceptors (Lipinski definition) is 4. The summed E-state index contributed by atoms with van der Waals surface area (Å²) < 4.78 is 43.5. The molecule has 4 rings (SSSR count). The molecule has 27 heavy (non-hydrogen) atoms. The van der Waals surface area contributed by atoms with Gasteiger partial charge in [0.05, 0.1) is 10.4 Å². The number of aromatic amines is 1. The van der Waals surface area contributed by atoms with Crippen molar-refractivity contribution in [1.82, 2.24) is 4.98 Å². The van der Waals surface area contributed by atoms with Crippen LogP contribution in [0.2, 0.25) is 0 Å². The first-order chi connectivity index (χ1) is 13.0. The molecule has 1 fully saturated rings. The maximum atomic E-state index is 12.7. The number of quaternary nitrogens is 1. The average Bonchev–Trinajstić information content (AvgIpc) is 3.33. The Morgan fingerprint density at radius 3 is 2.67 bits per heavy atom. The molecule has 0 aliphatic carbocycles. The van der Waals surface area contributed by atoms with E-state index in [-0.39, 0.29) is 0 Å². The van der Waals surface area contributed by atoms with Gasteiger partial charge in [-0.1, -0.05) is 6.07 Å². The molecule has 0 spiro atoms. The number of aromatic nitrogens is 2. The van der Waals surface area contributed by atoms with Crippen molar-refractivity contribution in [3.63, 3.8) is 0 Å². The van der Waals surface area contributed by atoms with E-state index in [1.807, 2.05) is 17.5 Å². The van der Waals surface area contributed by atoms with Crippen LogP contribution in [-0.2, 0) is 12.7 Å². The maximum Gasteiger partial charge on any atom is 0.419 e. The number of nitrogens with zero attached hydrogens (tertiary/aromatic N) is 2. The molecule has 0 atom stereocenters. The predicted octanol–water partition coefficient (Wildman–Crippen LogP) is 2.14. The number of anilines is 1. The van der Waals surface area contributed by atoms with Gasteiger partial charge in [0.25, 0.3) is 5.82 Å². The van der Waals surface area contributed by atoms with Crippen LogP contribution in [0.1, 0.15) is 11.3 Å². The monoisotopic (exact) mass is 396 g/mol. The highest BCUT2D eigenvalue weighted by Gasteiger charge is 2.33. The van der Waals surface area contributed by atoms with Crippen LogP contribution in [0.25, 0.3) is 10.8 Å². The van der Waals surface area contributed by atoms with Crippen molar-refractivity contribution >= 4 is 17.2 Å². The van der Waals surface area contributed by atoms with Crippen LogP contribution < -0.4 is 14.8 Å². The van der Waals surface area contributed by atoms with Crippen LogP contribution in [0.5, 0.6) is 0 Å². The summed E-state index contributed by atoms with van der Waals surface area (Å²) in [6.45, 7) is 4.09. The van der Waals surface area contributed by atoms with E-state index < -0.39 is 11.7 Å². The molecule has 0 amide bonds. The van der Waals surface area contributed by atoms with Crippen LogP contribution in [0.3, 0.4) is 0 Å². The van der Waals surface area contributed by atoms with Crippen molar-refractivity contribution in [3.8, 4) is 10.8 Å². The molecule has 3 aromatic heterocycles. The van der Waals surface area contributed by atoms with E-state index in [1.165, 1.54) is 11.0 Å². The molecule has 0 bridgehead atoms. The van der Waals surface area contributed by atoms with Crippen molar-refractivity contribution in [3.05, 3.63) is 53.4 Å². The minimum atomic E-state index is -4.32. The smallest absolute Gasteiger partial charge is 0.419 e. The SMILES string of the molecule is FC(F)(F)c1ccc(N2CC[NH+](Cc3coc(-c4cccs4)n3)CC2)[nH+]c1. The van der Waals surface area contributed by atoms with Crippen LogP contribution >= 0.6 is 11.3 Å². The summed E-state index contributed by atoms with van der Waals surface area (Å²) in [7, 11) is 0. The molecule has 2 N–H and O–H groups in total. The second-order valence-corrected chi connectivity index (χ2v) is 7.44. The number of nitrogens with one attached hydrogen (secondary N) is 2. The van der Waals surface area contributed by atoms with Crippen molar-refractivity contribution in [2.24, 2.45) is 0 Å². The zero-order valence-electron chi connectivity index (χ0n) is 14.4. The lowest BCUT2D eigenvalue weighted by molar-refractivity contribution is -0.914. The molecule has 9 heteroatoms. The Kier molecular flexibility index (Phi) is 4.88. The number of halogens is 3. The van der Waals surface area contributed by atoms with Crippen LogP contribution in [-0.4, -0.2) is 31.2 Å². The van der Waals surface area contributed by atoms with Crippen molar-refractivity contribution < 1.29 is 27.5 Å². The third kappa shape index (κ3) is 4.14. The number of pyridine rings is 1. The summed E-state index contributed by atoms with van der Waals surface area (Å²) in [5.41, 5.74) is 0.256. The maximum absolute atomic E-state index is 12.7. The standard InChI is InChI=1S/C18H17F3N4OS/c19-18(20,21)13-3-4-16(22-10-13)25-7-5-24(6-8-25)11-14-12-26-17(23-14)15-2-1-9-27-15/h1-4,9-10,12H,5-8,11H2/p+2. The van der Waals surface area contributed by atoms with Gasteiger partial charge in [-0.3, -0.25) is 4.90 Å². The van der Waals surface area contributed by atoms with Gasteiger partial charge in [-0.05, 0) is 17.5 Å². The summed E-state index contributed by atoms with van der Waals surface area (Å²) in [4.78, 5) is 11.8. The van der Waals surface area contributed by atoms with Gasteiger partial charge >= 0.3 is 6.18 Å². The number of H-pyrrole nitrogens is 1. The van der Waals surface area contributed by atoms with Gasteiger partial charge in [0, 0.05) is 6.07 Å². The van der Waals surface area contributed by atoms with E-state index in [4.69, 9.17) is 4.42 Å². The fraction of sp³-hybridized carbons (Fsp3) is 0.333. The summed E-state index contributed by atoms with van der Waals surface area (Å²) in [6.07, 6.45) is -1.59. The lowest BCUT2D eigenvalue weighted by Crippen LogP contribution is -3.13. The topological polar surface area (TPSA) is 47.9 Å². The van der Waals surface area contributed by atoms with E-state index in [2.05, 4.69) is 14.9 Å². The summed E-state index contributed by atoms with van der Waals surface area (Å²) in [5, 5.41) is 1.99. The van der Waals surface area contributed by atoms with Crippen molar-refractivity contribution in [2.45, 2.75) is 12.7 Å². The molecule has 0 saturated carbocycles. The first-order valence-corrected chi connectivity index (χ1v) is 9.53. The molecule has 0 radical (unpaired) electrons. The van der Waals surface area contributed by atoms with E-state index in [9.17, 15) is 13.2 Å². The Morgan fingerprint density at radius 1 is 1.22 bits per heavy atom. The number of piperazine rings is 1. The molecule has 1 saturated heterocycles. The minimum Gasteiger partial charge on any atom is -0.443 e. The number of thiophene rings is 1. The quantitative estimate of drug-likeness (QED) is 0.735. The number of alkyl halides is 3. The highest BCUT2D eigenvalue weighted by molar-refractivity contribution is 7.13. The predicted molar refractivity (Wildman–Crippen MR) is 94.4 cm³/mol. The number of oxazole rings is 1. The molecule has 0 unspecified atom stereocenters. The number of rotatable bonds is 4. The second-order valence-electron chi connectivity index (χ2n) is 6.50. The molecule has 5 nitrogen and oxygen atoms in total. The molecule has 1 aliphatic heterocycles. The Labute approximate surface area is 158 Å². The fourth-order valence-corrected chi connectivity index (χ4v) is 3.84. The lowest BCUT2D eigenvalue weighted by atomic mass is 10.2. The lowest BCUT2D eigenvalue weighted by Gasteiger charge is -2.27. The molecular formula is C18H19F3N4OS+2. The van der Waals surface area contributed by atoms with Gasteiger partial charge in [0.1, 0.15) is 50.9 Å². The molecule has 4 heterocycles. The molecule has 3 aromatic rings. The van der Waals surface area contributed by atoms with Crippen LogP contribution in [0, 0.1) is 0 Å². The van der Waals surface area contributed by atoms with Gasteiger partial charge < -0.3 is 9.32 Å². The van der Waals surface area contributed by atoms with Gasteiger partial charge in [0.15, 0.2) is 0 Å². The van der Waals surface area contributed by atoms with E-state index >= 15 is 0 Å². The Morgan fingerprint density at radius 2 is 2.04 bits per heavy atom. The molecule has 142 valence electrons. The fourth-order valence-electron chi connectivity index (χ4n) is 3.19. The minimum absolute atomic E-state index is 0.650. The summed E-state index contributed by atoms with van der Waals surface area (Å²) >= 11 is 1.59. The first kappa shape index (κ1) is 18.0. The number of hydrogen-bond donors (Lipinski definition) is 1. The average molecular weight is 396 g/mol. The van der Waals surface area contributed by atoms with Crippen molar-refractivity contribution in [2.75, 3.05) is 31.1 Å². The highest BCUT2D eigenvalue weighted by atomic mass is 32.1. The van der Waals surface area contributed by atoms with E-state index in [0.29, 0.717) is 11.7 Å². The molecular weight excluding hydrogens is 377 g/mol. The Bertz CT molecular complexity index is 869. The second kappa shape index (κ2) is 7.32. The van der Waals surface area contributed by atoms with Crippen molar-refractivity contribution in [1.29, 1.82) is 0 Å². The largest absolute Gasteiger partial charge is 0.443 e. The first-order valence-electron chi connectivity index (χ1n) is 8.65. The third-order valence-corrected chi connectivity index (χ3v) is 5.51. The van der Waals surface area contributed by atoms with E-state index in [0.717, 1.165) is 55.6 Å². The van der Waals surface area contributed by atoms with Crippen LogP contribution in [0.15, 0.2) is 46.5 Å². The van der Waals surface area contributed by atoms with Gasteiger partial charge in [-0.2, -0.15) is 13.2 Å². The Balaban J connectivity index is 1.33. The summed E-state index contributed by atoms with van der Waals surface area (Å²) in [5.74, 6) is 1.36. The highest BCUT2D eigenvalue weighted by Crippen LogP contribution is 2.28. The third-order valence-electron chi connectivity index (χ3n) is 4.65. The van der Waals surface area contributed by atoms with Gasteiger partial charge in [0.2, 0.25) is 5.89 Å². The van der Waals surface area contributed by atoms with Gasteiger partial charge in [-0.15, -0.1) is 11.3 Å². The Hall–Kier alpha value is -2.39. The van der Waals surface area contributed by atoms with Gasteiger partial charge in [-0.25, -0.2) is 9.97 Å².